The molecule has 0 amide bonds. The first-order valence-corrected chi connectivity index (χ1v) is 9.72. The molecule has 1 aromatic heterocycles. The molecule has 0 saturated carbocycles. The van der Waals surface area contributed by atoms with Gasteiger partial charge in [-0.25, -0.2) is 0 Å². The number of para-hydroxylation sites is 2. The zero-order valence-electron chi connectivity index (χ0n) is 15.2. The van der Waals surface area contributed by atoms with Crippen molar-refractivity contribution in [3.05, 3.63) is 48.0 Å². The molecule has 2 aromatic carbocycles. The van der Waals surface area contributed by atoms with Crippen LogP contribution < -0.4 is 14.2 Å². The fourth-order valence-electron chi connectivity index (χ4n) is 2.78. The van der Waals surface area contributed by atoms with Crippen LogP contribution in [0.15, 0.2) is 47.6 Å². The Morgan fingerprint density at radius 1 is 1.18 bits per heavy atom. The van der Waals surface area contributed by atoms with Gasteiger partial charge in [0.15, 0.2) is 17.3 Å². The molecule has 8 nitrogen and oxygen atoms in total. The molecular formula is C19H18N4O4S. The first kappa shape index (κ1) is 18.3. The minimum absolute atomic E-state index is 0.0461. The van der Waals surface area contributed by atoms with Crippen molar-refractivity contribution in [1.29, 1.82) is 0 Å². The highest BCUT2D eigenvalue weighted by Gasteiger charge is 2.17. The number of thioether (sulfide) groups is 1. The molecule has 0 unspecified atom stereocenters. The predicted octanol–water partition coefficient (Wildman–Crippen LogP) is 2.81. The van der Waals surface area contributed by atoms with Crippen LogP contribution in [0.2, 0.25) is 0 Å². The highest BCUT2D eigenvalue weighted by molar-refractivity contribution is 7.99. The summed E-state index contributed by atoms with van der Waals surface area (Å²) in [7, 11) is 1.59. The number of carbonyl (C=O) groups excluding carboxylic acids is 1. The number of rotatable bonds is 6. The second-order valence-corrected chi connectivity index (χ2v) is 6.91. The summed E-state index contributed by atoms with van der Waals surface area (Å²) < 4.78 is 18.2. The van der Waals surface area contributed by atoms with Crippen molar-refractivity contribution < 1.29 is 19.0 Å². The summed E-state index contributed by atoms with van der Waals surface area (Å²) in [5.74, 6) is 2.06. The van der Waals surface area contributed by atoms with E-state index in [2.05, 4.69) is 15.5 Å². The Labute approximate surface area is 165 Å². The molecule has 0 atom stereocenters. The number of fused-ring (bicyclic) bond motifs is 1. The van der Waals surface area contributed by atoms with Gasteiger partial charge in [-0.15, -0.1) is 5.10 Å². The molecule has 0 spiro atoms. The van der Waals surface area contributed by atoms with Crippen LogP contribution in [-0.2, 0) is 0 Å². The van der Waals surface area contributed by atoms with Crippen molar-refractivity contribution in [1.82, 2.24) is 20.2 Å². The third-order valence-corrected chi connectivity index (χ3v) is 5.08. The number of Topliss-reactive ketones (excluding diaryl/α,β-unsaturated/α-hetero) is 1. The molecular weight excluding hydrogens is 380 g/mol. The molecule has 0 N–H and O–H groups in total. The second kappa shape index (κ2) is 8.30. The third-order valence-electron chi connectivity index (χ3n) is 4.16. The number of ketones is 1. The van der Waals surface area contributed by atoms with Gasteiger partial charge in [-0.2, -0.15) is 4.68 Å². The Balaban J connectivity index is 1.49. The van der Waals surface area contributed by atoms with Crippen LogP contribution in [0, 0.1) is 0 Å². The first-order valence-electron chi connectivity index (χ1n) is 8.73. The molecule has 1 aliphatic heterocycles. The Bertz CT molecular complexity index is 992. The maximum absolute atomic E-state index is 12.7. The van der Waals surface area contributed by atoms with E-state index in [9.17, 15) is 4.79 Å². The zero-order valence-corrected chi connectivity index (χ0v) is 16.0. The second-order valence-electron chi connectivity index (χ2n) is 5.97. The van der Waals surface area contributed by atoms with Gasteiger partial charge >= 0.3 is 0 Å². The minimum Gasteiger partial charge on any atom is -0.494 e. The van der Waals surface area contributed by atoms with E-state index in [1.807, 2.05) is 24.3 Å². The number of ether oxygens (including phenoxy) is 3. The van der Waals surface area contributed by atoms with Crippen molar-refractivity contribution in [2.24, 2.45) is 0 Å². The Hall–Kier alpha value is -3.07. The van der Waals surface area contributed by atoms with E-state index in [4.69, 9.17) is 14.2 Å². The molecule has 3 aromatic rings. The molecule has 28 heavy (non-hydrogen) atoms. The molecule has 0 saturated heterocycles. The van der Waals surface area contributed by atoms with E-state index in [0.29, 0.717) is 46.9 Å². The van der Waals surface area contributed by atoms with Crippen LogP contribution in [-0.4, -0.2) is 52.1 Å². The number of aromatic nitrogens is 4. The summed E-state index contributed by atoms with van der Waals surface area (Å²) in [4.78, 5) is 12.7. The van der Waals surface area contributed by atoms with Gasteiger partial charge in [-0.3, -0.25) is 4.79 Å². The summed E-state index contributed by atoms with van der Waals surface area (Å²) in [5.41, 5.74) is 1.27. The number of nitrogens with zero attached hydrogens (tertiary/aromatic N) is 4. The van der Waals surface area contributed by atoms with Crippen molar-refractivity contribution >= 4 is 17.5 Å². The number of methoxy groups -OCH3 is 1. The van der Waals surface area contributed by atoms with E-state index >= 15 is 0 Å². The van der Waals surface area contributed by atoms with Gasteiger partial charge in [0, 0.05) is 12.0 Å². The summed E-state index contributed by atoms with van der Waals surface area (Å²) >= 11 is 1.26. The number of hydrogen-bond acceptors (Lipinski definition) is 8. The molecule has 0 aliphatic carbocycles. The third kappa shape index (κ3) is 3.79. The van der Waals surface area contributed by atoms with Crippen LogP contribution in [0.5, 0.6) is 17.2 Å². The van der Waals surface area contributed by atoms with E-state index < -0.39 is 0 Å². The molecule has 0 radical (unpaired) electrons. The van der Waals surface area contributed by atoms with Gasteiger partial charge in [0.2, 0.25) is 5.16 Å². The van der Waals surface area contributed by atoms with E-state index in [1.54, 1.807) is 30.0 Å². The summed E-state index contributed by atoms with van der Waals surface area (Å²) in [6.07, 6.45) is 0.819. The zero-order chi connectivity index (χ0) is 19.3. The average molecular weight is 398 g/mol. The molecule has 0 fully saturated rings. The largest absolute Gasteiger partial charge is 0.494 e. The standard InChI is InChI=1S/C19H18N4O4S/c1-25-16-6-3-2-5-14(16)23-19(20-21-22-23)28-12-15(24)13-7-8-17-18(11-13)27-10-4-9-26-17/h2-3,5-8,11H,4,9-10,12H2,1H3. The highest BCUT2D eigenvalue weighted by atomic mass is 32.2. The number of carbonyl (C=O) groups is 1. The molecule has 4 rings (SSSR count). The molecule has 144 valence electrons. The van der Waals surface area contributed by atoms with Gasteiger partial charge in [0.05, 0.1) is 26.1 Å². The van der Waals surface area contributed by atoms with Gasteiger partial charge in [-0.05, 0) is 40.8 Å². The van der Waals surface area contributed by atoms with Gasteiger partial charge < -0.3 is 14.2 Å². The smallest absolute Gasteiger partial charge is 0.214 e. The lowest BCUT2D eigenvalue weighted by Gasteiger charge is -2.10. The minimum atomic E-state index is -0.0461. The lowest BCUT2D eigenvalue weighted by molar-refractivity contribution is 0.102. The fourth-order valence-corrected chi connectivity index (χ4v) is 3.55. The lowest BCUT2D eigenvalue weighted by atomic mass is 10.1. The number of hydrogen-bond donors (Lipinski definition) is 0. The monoisotopic (exact) mass is 398 g/mol. The average Bonchev–Trinajstić information content (AvgIpc) is 3.08. The Kier molecular flexibility index (Phi) is 5.43. The van der Waals surface area contributed by atoms with Crippen molar-refractivity contribution in [3.63, 3.8) is 0 Å². The van der Waals surface area contributed by atoms with E-state index in [1.165, 1.54) is 11.8 Å². The summed E-state index contributed by atoms with van der Waals surface area (Å²) in [6.45, 7) is 1.19. The van der Waals surface area contributed by atoms with Crippen LogP contribution in [0.3, 0.4) is 0 Å². The van der Waals surface area contributed by atoms with Gasteiger partial charge in [-0.1, -0.05) is 23.9 Å². The topological polar surface area (TPSA) is 88.4 Å². The van der Waals surface area contributed by atoms with Gasteiger partial charge in [0.25, 0.3) is 0 Å². The SMILES string of the molecule is COc1ccccc1-n1nnnc1SCC(=O)c1ccc2c(c1)OCCCO2. The Morgan fingerprint density at radius 2 is 2.00 bits per heavy atom. The summed E-state index contributed by atoms with van der Waals surface area (Å²) in [6, 6.07) is 12.7. The van der Waals surface area contributed by atoms with Gasteiger partial charge in [0.1, 0.15) is 11.4 Å². The Morgan fingerprint density at radius 3 is 2.86 bits per heavy atom. The highest BCUT2D eigenvalue weighted by Crippen LogP contribution is 2.31. The molecule has 2 heterocycles. The fraction of sp³-hybridized carbons (Fsp3) is 0.263. The van der Waals surface area contributed by atoms with Crippen molar-refractivity contribution in [3.8, 4) is 22.9 Å². The maximum atomic E-state index is 12.7. The lowest BCUT2D eigenvalue weighted by Crippen LogP contribution is -2.06. The van der Waals surface area contributed by atoms with Crippen molar-refractivity contribution in [2.45, 2.75) is 11.6 Å². The molecule has 0 bridgehead atoms. The van der Waals surface area contributed by atoms with Crippen molar-refractivity contribution in [2.75, 3.05) is 26.1 Å². The quantitative estimate of drug-likeness (QED) is 0.463. The number of benzene rings is 2. The number of tetrazole rings is 1. The van der Waals surface area contributed by atoms with E-state index in [-0.39, 0.29) is 11.5 Å². The summed E-state index contributed by atoms with van der Waals surface area (Å²) in [5, 5.41) is 12.3. The normalized spacial score (nSPS) is 13.0. The van der Waals surface area contributed by atoms with Crippen LogP contribution in [0.25, 0.3) is 5.69 Å². The van der Waals surface area contributed by atoms with Crippen LogP contribution in [0.1, 0.15) is 16.8 Å². The maximum Gasteiger partial charge on any atom is 0.214 e. The van der Waals surface area contributed by atoms with Crippen LogP contribution in [0.4, 0.5) is 0 Å². The van der Waals surface area contributed by atoms with E-state index in [0.717, 1.165) is 6.42 Å². The predicted molar refractivity (Wildman–Crippen MR) is 103 cm³/mol. The molecule has 1 aliphatic rings. The first-order chi connectivity index (χ1) is 13.8. The molecule has 9 heteroatoms. The van der Waals surface area contributed by atoms with Crippen LogP contribution >= 0.6 is 11.8 Å².